The molecule has 0 saturated carbocycles. The van der Waals surface area contributed by atoms with Gasteiger partial charge in [-0.3, -0.25) is 19.2 Å². The molecule has 278 valence electrons. The van der Waals surface area contributed by atoms with Gasteiger partial charge in [-0.2, -0.15) is 0 Å². The van der Waals surface area contributed by atoms with Gasteiger partial charge in [0.1, 0.15) is 11.5 Å². The van der Waals surface area contributed by atoms with Gasteiger partial charge in [-0.05, 0) is 124 Å². The minimum atomic E-state index is -0.616. The maximum absolute atomic E-state index is 15.1. The van der Waals surface area contributed by atoms with E-state index >= 15 is 9.59 Å². The van der Waals surface area contributed by atoms with Crippen LogP contribution in [0.5, 0.6) is 11.5 Å². The number of rotatable bonds is 6. The highest BCUT2D eigenvalue weighted by Crippen LogP contribution is 2.28. The van der Waals surface area contributed by atoms with E-state index in [1.165, 1.54) is 9.13 Å². The Balaban J connectivity index is 1.66. The number of benzene rings is 4. The van der Waals surface area contributed by atoms with Gasteiger partial charge in [-0.1, -0.05) is 35.4 Å². The predicted molar refractivity (Wildman–Crippen MR) is 217 cm³/mol. The van der Waals surface area contributed by atoms with E-state index in [2.05, 4.69) is 0 Å². The van der Waals surface area contributed by atoms with Gasteiger partial charge in [0.2, 0.25) is 0 Å². The quantitative estimate of drug-likeness (QED) is 0.257. The number of ether oxygens (including phenoxy) is 2. The smallest absolute Gasteiger partial charge is 0.268 e. The third-order valence-corrected chi connectivity index (χ3v) is 10.4. The summed E-state index contributed by atoms with van der Waals surface area (Å²) in [5.74, 6) is 1.23. The van der Waals surface area contributed by atoms with Crippen molar-refractivity contribution in [3.05, 3.63) is 192 Å². The number of aryl methyl sites for hydroxylation is 6. The lowest BCUT2D eigenvalue weighted by molar-refractivity contribution is 0.414. The van der Waals surface area contributed by atoms with Crippen LogP contribution in [0.3, 0.4) is 0 Å². The second-order valence-electron chi connectivity index (χ2n) is 14.4. The molecule has 56 heavy (non-hydrogen) atoms. The van der Waals surface area contributed by atoms with Crippen LogP contribution in [0.25, 0.3) is 22.5 Å². The zero-order valence-corrected chi connectivity index (χ0v) is 32.3. The van der Waals surface area contributed by atoms with E-state index in [0.29, 0.717) is 34.2 Å². The number of methoxy groups -OCH3 is 2. The third kappa shape index (κ3) is 5.64. The summed E-state index contributed by atoms with van der Waals surface area (Å²) < 4.78 is 13.1. The van der Waals surface area contributed by atoms with Gasteiger partial charge in [-0.25, -0.2) is 19.1 Å². The second kappa shape index (κ2) is 13.4. The van der Waals surface area contributed by atoms with Crippen molar-refractivity contribution in [1.29, 1.82) is 0 Å². The first-order valence-corrected chi connectivity index (χ1v) is 18.1. The normalized spacial score (nSPS) is 13.1. The lowest BCUT2D eigenvalue weighted by Gasteiger charge is -2.24. The van der Waals surface area contributed by atoms with Crippen LogP contribution in [0.15, 0.2) is 114 Å². The summed E-state index contributed by atoms with van der Waals surface area (Å²) >= 11 is 0. The molecule has 10 nitrogen and oxygen atoms in total. The Hall–Kier alpha value is -6.94. The highest BCUT2D eigenvalue weighted by Gasteiger charge is 2.33. The standard InChI is InChI=1S/C46H38N4O6/c1-23-17-25(3)41(26(4)18-23)49-43(51)33-21-36(48-30-11-15-32(56-8)16-12-30)40-38-34(44(52)50(46(40)54)42-27(5)19-24(2)20-28(42)6)22-35(39(37(33)38)45(49)53)47-29-9-13-31(55-7)14-10-29/h9-22H,1-8H3. The van der Waals surface area contributed by atoms with Crippen LogP contribution in [-0.2, 0) is 0 Å². The van der Waals surface area contributed by atoms with E-state index in [1.54, 1.807) is 74.9 Å². The Labute approximate surface area is 321 Å². The summed E-state index contributed by atoms with van der Waals surface area (Å²) in [6, 6.07) is 24.8. The molecule has 0 bridgehead atoms. The average Bonchev–Trinajstić information content (AvgIpc) is 3.15. The Bertz CT molecular complexity index is 2970. The summed E-state index contributed by atoms with van der Waals surface area (Å²) in [4.78, 5) is 69.9. The molecular formula is C46H38N4O6. The van der Waals surface area contributed by atoms with Gasteiger partial charge in [0.05, 0.1) is 69.2 Å². The fourth-order valence-electron chi connectivity index (χ4n) is 8.25. The molecular weight excluding hydrogens is 705 g/mol. The molecule has 4 aromatic carbocycles. The summed E-state index contributed by atoms with van der Waals surface area (Å²) in [5.41, 5.74) is 4.97. The zero-order chi connectivity index (χ0) is 39.7. The van der Waals surface area contributed by atoms with Gasteiger partial charge >= 0.3 is 0 Å². The molecule has 0 amide bonds. The number of hydrogen-bond donors (Lipinski definition) is 0. The minimum Gasteiger partial charge on any atom is -0.497 e. The summed E-state index contributed by atoms with van der Waals surface area (Å²) in [5, 5.41) is 0.550. The lowest BCUT2D eigenvalue weighted by Crippen LogP contribution is -2.59. The molecule has 0 saturated heterocycles. The SMILES string of the molecule is COc1ccc(N=c2cc3c(=O)n(-c4c(C)cc(C)cc4C)c(=O)c4c(=Nc5ccc(OC)cc5)cc5c(=O)n(-c6c(C)cc(C)cc6C)c(=O)c2=C5C=43)cc1. The van der Waals surface area contributed by atoms with Crippen LogP contribution in [0.4, 0.5) is 11.4 Å². The van der Waals surface area contributed by atoms with Gasteiger partial charge in [0, 0.05) is 11.1 Å². The van der Waals surface area contributed by atoms with Crippen molar-refractivity contribution in [2.75, 3.05) is 14.2 Å². The zero-order valence-electron chi connectivity index (χ0n) is 32.3. The first kappa shape index (κ1) is 36.1. The Morgan fingerprint density at radius 3 is 1.07 bits per heavy atom. The summed E-state index contributed by atoms with van der Waals surface area (Å²) in [6.45, 7) is 11.4. The maximum atomic E-state index is 15.1. The molecule has 0 spiro atoms. The molecule has 0 atom stereocenters. The first-order chi connectivity index (χ1) is 26.8. The largest absolute Gasteiger partial charge is 0.497 e. The Morgan fingerprint density at radius 1 is 0.446 bits per heavy atom. The molecule has 0 aromatic heterocycles. The van der Waals surface area contributed by atoms with Crippen LogP contribution in [0.2, 0.25) is 0 Å². The molecule has 0 N–H and O–H groups in total. The molecule has 0 radical (unpaired) electrons. The summed E-state index contributed by atoms with van der Waals surface area (Å²) in [6.07, 6.45) is 0. The van der Waals surface area contributed by atoms with Gasteiger partial charge < -0.3 is 9.47 Å². The topological polar surface area (TPSA) is 121 Å². The van der Waals surface area contributed by atoms with E-state index < -0.39 is 22.2 Å². The Morgan fingerprint density at radius 2 is 0.768 bits per heavy atom. The van der Waals surface area contributed by atoms with Gasteiger partial charge in [0.15, 0.2) is 0 Å². The highest BCUT2D eigenvalue weighted by atomic mass is 16.5. The van der Waals surface area contributed by atoms with Crippen molar-refractivity contribution in [2.24, 2.45) is 9.98 Å². The number of aromatic nitrogens is 2. The fraction of sp³-hybridized carbons (Fsp3) is 0.174. The molecule has 2 aliphatic carbocycles. The van der Waals surface area contributed by atoms with Crippen molar-refractivity contribution in [3.63, 3.8) is 0 Å². The molecule has 8 rings (SSSR count). The molecule has 2 aliphatic heterocycles. The van der Waals surface area contributed by atoms with Crippen LogP contribution in [-0.4, -0.2) is 23.4 Å². The van der Waals surface area contributed by atoms with Crippen LogP contribution >= 0.6 is 0 Å². The molecule has 4 aromatic rings. The van der Waals surface area contributed by atoms with E-state index in [4.69, 9.17) is 19.5 Å². The molecule has 2 heterocycles. The van der Waals surface area contributed by atoms with E-state index in [0.717, 1.165) is 33.4 Å². The molecule has 4 aliphatic rings. The van der Waals surface area contributed by atoms with Crippen molar-refractivity contribution in [1.82, 2.24) is 9.13 Å². The van der Waals surface area contributed by atoms with Crippen molar-refractivity contribution >= 4 is 22.5 Å². The second-order valence-corrected chi connectivity index (χ2v) is 14.4. The van der Waals surface area contributed by atoms with Crippen LogP contribution < -0.4 is 52.9 Å². The van der Waals surface area contributed by atoms with E-state index in [9.17, 15) is 9.59 Å². The monoisotopic (exact) mass is 742 g/mol. The maximum Gasteiger partial charge on any atom is 0.268 e. The molecule has 0 fully saturated rings. The lowest BCUT2D eigenvalue weighted by atomic mass is 9.84. The van der Waals surface area contributed by atoms with Crippen molar-refractivity contribution in [3.8, 4) is 22.9 Å². The predicted octanol–water partition coefficient (Wildman–Crippen LogP) is 4.20. The van der Waals surface area contributed by atoms with E-state index in [-0.39, 0.29) is 43.4 Å². The Kier molecular flexibility index (Phi) is 8.64. The summed E-state index contributed by atoms with van der Waals surface area (Å²) in [7, 11) is 3.13. The third-order valence-electron chi connectivity index (χ3n) is 10.4. The first-order valence-electron chi connectivity index (χ1n) is 18.1. The van der Waals surface area contributed by atoms with Crippen LogP contribution in [0.1, 0.15) is 44.5 Å². The molecule has 10 heteroatoms. The molecule has 0 unspecified atom stereocenters. The number of nitrogens with zero attached hydrogens (tertiary/aromatic N) is 4. The van der Waals surface area contributed by atoms with E-state index in [1.807, 2.05) is 65.8 Å². The minimum absolute atomic E-state index is 0.0996. The van der Waals surface area contributed by atoms with Gasteiger partial charge in [0.25, 0.3) is 22.2 Å². The highest BCUT2D eigenvalue weighted by molar-refractivity contribution is 6.06. The number of hydrogen-bond acceptors (Lipinski definition) is 8. The van der Waals surface area contributed by atoms with Crippen LogP contribution in [0, 0.1) is 41.5 Å². The van der Waals surface area contributed by atoms with Gasteiger partial charge in [-0.15, -0.1) is 0 Å². The average molecular weight is 743 g/mol. The van der Waals surface area contributed by atoms with Crippen molar-refractivity contribution < 1.29 is 9.47 Å². The fourth-order valence-corrected chi connectivity index (χ4v) is 8.25. The van der Waals surface area contributed by atoms with Crippen molar-refractivity contribution in [2.45, 2.75) is 41.5 Å².